The molecule has 0 radical (unpaired) electrons. The molecule has 11 rings (SSSR count). The van der Waals surface area contributed by atoms with E-state index in [1.165, 1.54) is 106 Å². The van der Waals surface area contributed by atoms with Gasteiger partial charge in [0.15, 0.2) is 0 Å². The van der Waals surface area contributed by atoms with Gasteiger partial charge in [0.1, 0.15) is 11.2 Å². The quantitative estimate of drug-likeness (QED) is 0.177. The van der Waals surface area contributed by atoms with E-state index in [2.05, 4.69) is 215 Å². The van der Waals surface area contributed by atoms with Crippen LogP contribution in [0.1, 0.15) is 128 Å². The van der Waals surface area contributed by atoms with Crippen LogP contribution in [0.15, 0.2) is 132 Å². The van der Waals surface area contributed by atoms with Crippen LogP contribution in [0.2, 0.25) is 0 Å². The molecule has 3 aliphatic rings. The second-order valence-electron chi connectivity index (χ2n) is 21.9. The Morgan fingerprint density at radius 1 is 0.426 bits per heavy atom. The summed E-state index contributed by atoms with van der Waals surface area (Å²) >= 11 is 0. The molecule has 7 aromatic carbocycles. The highest BCUT2D eigenvalue weighted by Crippen LogP contribution is 2.58. The van der Waals surface area contributed by atoms with Crippen LogP contribution >= 0.6 is 0 Å². The SMILES string of the molecule is CC(C)(C)c1cc(C(C)(C)C)c2oc3cc4c(cc3c2c1)-c1c(N(c2ccc3c(c2)C(C)(C)c2ccccc2-3)c2ccc3c(c2)C(C)(C)c2ccccc2-3)cccc1C4(C)C. The number of hydrogen-bond donors (Lipinski definition) is 0. The minimum Gasteiger partial charge on any atom is -0.456 e. The fourth-order valence-electron chi connectivity index (χ4n) is 11.4. The van der Waals surface area contributed by atoms with Gasteiger partial charge in [0.2, 0.25) is 0 Å². The summed E-state index contributed by atoms with van der Waals surface area (Å²) in [6.45, 7) is 28.2. The number of furan rings is 1. The Labute approximate surface area is 362 Å². The summed E-state index contributed by atoms with van der Waals surface area (Å²) in [5.74, 6) is 0. The molecule has 0 amide bonds. The predicted molar refractivity (Wildman–Crippen MR) is 258 cm³/mol. The number of hydrogen-bond acceptors (Lipinski definition) is 2. The second kappa shape index (κ2) is 12.2. The molecule has 304 valence electrons. The van der Waals surface area contributed by atoms with Crippen molar-refractivity contribution in [3.05, 3.63) is 172 Å². The molecular formula is C59H57NO. The Balaban J connectivity index is 1.18. The van der Waals surface area contributed by atoms with Crippen molar-refractivity contribution >= 4 is 39.0 Å². The summed E-state index contributed by atoms with van der Waals surface area (Å²) in [6, 6.07) is 49.0. The molecule has 0 spiro atoms. The minimum atomic E-state index is -0.244. The van der Waals surface area contributed by atoms with Crippen molar-refractivity contribution in [1.82, 2.24) is 0 Å². The molecule has 3 aliphatic carbocycles. The first-order valence-corrected chi connectivity index (χ1v) is 22.3. The number of rotatable bonds is 3. The van der Waals surface area contributed by atoms with E-state index in [0.717, 1.165) is 11.2 Å². The van der Waals surface area contributed by atoms with Crippen molar-refractivity contribution in [2.45, 2.75) is 110 Å². The van der Waals surface area contributed by atoms with E-state index in [9.17, 15) is 0 Å². The third-order valence-corrected chi connectivity index (χ3v) is 14.9. The van der Waals surface area contributed by atoms with Crippen LogP contribution in [0.3, 0.4) is 0 Å². The lowest BCUT2D eigenvalue weighted by Gasteiger charge is -2.31. The van der Waals surface area contributed by atoms with E-state index in [-0.39, 0.29) is 27.1 Å². The van der Waals surface area contributed by atoms with Crippen LogP contribution in [-0.2, 0) is 27.1 Å². The minimum absolute atomic E-state index is 0.00559. The van der Waals surface area contributed by atoms with Gasteiger partial charge < -0.3 is 9.32 Å². The Kier molecular flexibility index (Phi) is 7.59. The van der Waals surface area contributed by atoms with Gasteiger partial charge in [0, 0.05) is 49.5 Å². The molecular weight excluding hydrogens is 739 g/mol. The molecule has 1 aromatic heterocycles. The number of anilines is 3. The maximum Gasteiger partial charge on any atom is 0.139 e. The highest BCUT2D eigenvalue weighted by atomic mass is 16.3. The summed E-state index contributed by atoms with van der Waals surface area (Å²) in [7, 11) is 0. The Hall–Kier alpha value is -5.86. The van der Waals surface area contributed by atoms with Gasteiger partial charge in [-0.25, -0.2) is 0 Å². The largest absolute Gasteiger partial charge is 0.456 e. The van der Waals surface area contributed by atoms with Gasteiger partial charge in [-0.1, -0.05) is 162 Å². The molecule has 0 fully saturated rings. The Morgan fingerprint density at radius 3 is 1.49 bits per heavy atom. The summed E-state index contributed by atoms with van der Waals surface area (Å²) < 4.78 is 6.98. The second-order valence-corrected chi connectivity index (χ2v) is 21.9. The first-order chi connectivity index (χ1) is 28.8. The van der Waals surface area contributed by atoms with E-state index in [1.54, 1.807) is 0 Å². The van der Waals surface area contributed by atoms with E-state index < -0.39 is 0 Å². The van der Waals surface area contributed by atoms with Gasteiger partial charge in [-0.3, -0.25) is 0 Å². The van der Waals surface area contributed by atoms with E-state index in [0.29, 0.717) is 0 Å². The van der Waals surface area contributed by atoms with E-state index >= 15 is 0 Å². The molecule has 0 unspecified atom stereocenters. The third kappa shape index (κ3) is 5.21. The maximum absolute atomic E-state index is 6.98. The van der Waals surface area contributed by atoms with Crippen molar-refractivity contribution in [3.8, 4) is 33.4 Å². The number of benzene rings is 7. The van der Waals surface area contributed by atoms with Crippen LogP contribution in [0.4, 0.5) is 17.1 Å². The predicted octanol–water partition coefficient (Wildman–Crippen LogP) is 16.6. The smallest absolute Gasteiger partial charge is 0.139 e. The molecule has 61 heavy (non-hydrogen) atoms. The highest BCUT2D eigenvalue weighted by Gasteiger charge is 2.42. The van der Waals surface area contributed by atoms with Gasteiger partial charge >= 0.3 is 0 Å². The molecule has 0 saturated carbocycles. The molecule has 2 nitrogen and oxygen atoms in total. The van der Waals surface area contributed by atoms with Crippen LogP contribution < -0.4 is 4.90 Å². The third-order valence-electron chi connectivity index (χ3n) is 14.9. The number of fused-ring (bicyclic) bond motifs is 12. The summed E-state index contributed by atoms with van der Waals surface area (Å²) in [5, 5.41) is 2.39. The monoisotopic (exact) mass is 795 g/mol. The molecule has 8 aromatic rings. The van der Waals surface area contributed by atoms with Gasteiger partial charge in [-0.2, -0.15) is 0 Å². The first kappa shape index (κ1) is 38.1. The summed E-state index contributed by atoms with van der Waals surface area (Å²) in [4.78, 5) is 2.57. The molecule has 0 N–H and O–H groups in total. The van der Waals surface area contributed by atoms with Crippen molar-refractivity contribution in [2.24, 2.45) is 0 Å². The van der Waals surface area contributed by atoms with E-state index in [1.807, 2.05) is 0 Å². The van der Waals surface area contributed by atoms with Crippen molar-refractivity contribution in [3.63, 3.8) is 0 Å². The fraction of sp³-hybridized carbons (Fsp3) is 0.288. The fourth-order valence-corrected chi connectivity index (χ4v) is 11.4. The van der Waals surface area contributed by atoms with Crippen molar-refractivity contribution in [1.29, 1.82) is 0 Å². The summed E-state index contributed by atoms with van der Waals surface area (Å²) in [5.41, 5.74) is 23.6. The highest BCUT2D eigenvalue weighted by molar-refractivity contribution is 6.10. The first-order valence-electron chi connectivity index (χ1n) is 22.3. The molecule has 1 heterocycles. The Morgan fingerprint density at radius 2 is 0.934 bits per heavy atom. The molecule has 0 aliphatic heterocycles. The normalized spacial score (nSPS) is 16.3. The average Bonchev–Trinajstić information content (AvgIpc) is 3.85. The van der Waals surface area contributed by atoms with E-state index in [4.69, 9.17) is 4.42 Å². The Bertz CT molecular complexity index is 3080. The van der Waals surface area contributed by atoms with Crippen LogP contribution in [0, 0.1) is 0 Å². The zero-order valence-electron chi connectivity index (χ0n) is 38.0. The van der Waals surface area contributed by atoms with Gasteiger partial charge in [0.25, 0.3) is 0 Å². The number of nitrogens with zero attached hydrogens (tertiary/aromatic N) is 1. The van der Waals surface area contributed by atoms with Crippen molar-refractivity contribution in [2.75, 3.05) is 4.90 Å². The van der Waals surface area contributed by atoms with Crippen LogP contribution in [0.25, 0.3) is 55.3 Å². The molecule has 0 saturated heterocycles. The molecule has 0 bridgehead atoms. The van der Waals surface area contributed by atoms with Gasteiger partial charge in [-0.05, 0) is 126 Å². The van der Waals surface area contributed by atoms with Crippen molar-refractivity contribution < 1.29 is 4.42 Å². The maximum atomic E-state index is 6.98. The molecule has 0 atom stereocenters. The summed E-state index contributed by atoms with van der Waals surface area (Å²) in [6.07, 6.45) is 0. The lowest BCUT2D eigenvalue weighted by Crippen LogP contribution is -2.18. The average molecular weight is 796 g/mol. The van der Waals surface area contributed by atoms with Crippen LogP contribution in [0.5, 0.6) is 0 Å². The lowest BCUT2D eigenvalue weighted by atomic mass is 9.79. The van der Waals surface area contributed by atoms with Gasteiger partial charge in [0.05, 0.1) is 5.69 Å². The zero-order chi connectivity index (χ0) is 42.8. The standard InChI is InChI=1S/C59H57NO/c1-55(2,3)34-28-42-41-32-43-49(33-52(41)61-54(42)50(29-34)56(4,5)6)59(11,12)46-22-17-23-51(53(43)46)60(35-24-26-39-37-18-13-15-20-44(37)57(7,8)47(39)30-35)36-25-27-40-38-19-14-16-21-45(38)58(9,10)48(40)31-36/h13-33H,1-12H3. The lowest BCUT2D eigenvalue weighted by molar-refractivity contribution is 0.559. The zero-order valence-corrected chi connectivity index (χ0v) is 38.0. The molecule has 2 heteroatoms. The van der Waals surface area contributed by atoms with Gasteiger partial charge in [-0.15, -0.1) is 0 Å². The van der Waals surface area contributed by atoms with Crippen LogP contribution in [-0.4, -0.2) is 0 Å². The topological polar surface area (TPSA) is 16.4 Å².